The summed E-state index contributed by atoms with van der Waals surface area (Å²) in [5.41, 5.74) is 1.86. The van der Waals surface area contributed by atoms with E-state index in [-0.39, 0.29) is 18.4 Å². The average Bonchev–Trinajstić information content (AvgIpc) is 2.58. The fourth-order valence-electron chi connectivity index (χ4n) is 2.77. The molecule has 5 nitrogen and oxygen atoms in total. The van der Waals surface area contributed by atoms with Gasteiger partial charge < -0.3 is 15.4 Å². The van der Waals surface area contributed by atoms with Gasteiger partial charge in [-0.15, -0.1) is 0 Å². The number of amides is 1. The van der Waals surface area contributed by atoms with Gasteiger partial charge in [-0.2, -0.15) is 4.99 Å². The molecule has 0 fully saturated rings. The van der Waals surface area contributed by atoms with E-state index in [9.17, 15) is 4.79 Å². The molecular formula is C19H24ClN3O2. The first-order chi connectivity index (χ1) is 11.9. The second kappa shape index (κ2) is 8.21. The van der Waals surface area contributed by atoms with E-state index in [0.29, 0.717) is 11.0 Å². The highest BCUT2D eigenvalue weighted by Crippen LogP contribution is 2.29. The molecule has 1 amide bonds. The number of ether oxygens (including phenoxy) is 1. The van der Waals surface area contributed by atoms with Crippen LogP contribution in [0.25, 0.3) is 0 Å². The molecule has 1 heterocycles. The van der Waals surface area contributed by atoms with Crippen molar-refractivity contribution in [3.05, 3.63) is 59.0 Å². The molecule has 0 aliphatic carbocycles. The van der Waals surface area contributed by atoms with Gasteiger partial charge in [0.2, 0.25) is 5.90 Å². The Morgan fingerprint density at radius 1 is 1.32 bits per heavy atom. The van der Waals surface area contributed by atoms with Crippen LogP contribution >= 0.6 is 11.6 Å². The number of nitrogens with zero attached hydrogens (tertiary/aromatic N) is 1. The third-order valence-corrected chi connectivity index (χ3v) is 4.50. The van der Waals surface area contributed by atoms with Gasteiger partial charge in [0, 0.05) is 6.08 Å². The Kier molecular flexibility index (Phi) is 6.26. The third-order valence-electron chi connectivity index (χ3n) is 4.30. The number of carbonyl (C=O) groups is 1. The molecule has 0 bridgehead atoms. The van der Waals surface area contributed by atoms with Gasteiger partial charge in [0.05, 0.1) is 5.54 Å². The summed E-state index contributed by atoms with van der Waals surface area (Å²) in [6.07, 6.45) is 3.08. The molecule has 1 aliphatic rings. The molecule has 0 atom stereocenters. The molecule has 0 aromatic heterocycles. The quantitative estimate of drug-likeness (QED) is 0.759. The lowest BCUT2D eigenvalue weighted by molar-refractivity contribution is -0.125. The molecule has 1 aliphatic heterocycles. The van der Waals surface area contributed by atoms with Crippen molar-refractivity contribution in [2.24, 2.45) is 4.99 Å². The van der Waals surface area contributed by atoms with Gasteiger partial charge in [-0.1, -0.05) is 61.9 Å². The van der Waals surface area contributed by atoms with Crippen LogP contribution in [-0.4, -0.2) is 18.4 Å². The van der Waals surface area contributed by atoms with E-state index in [0.717, 1.165) is 18.4 Å². The van der Waals surface area contributed by atoms with Crippen molar-refractivity contribution >= 4 is 23.4 Å². The highest BCUT2D eigenvalue weighted by molar-refractivity contribution is 6.31. The lowest BCUT2D eigenvalue weighted by atomic mass is 9.84. The first-order valence-corrected chi connectivity index (χ1v) is 8.69. The van der Waals surface area contributed by atoms with Crippen LogP contribution in [0, 0.1) is 6.92 Å². The van der Waals surface area contributed by atoms with Crippen LogP contribution in [0.3, 0.4) is 0 Å². The number of halogens is 1. The van der Waals surface area contributed by atoms with Crippen LogP contribution < -0.4 is 10.6 Å². The van der Waals surface area contributed by atoms with Crippen molar-refractivity contribution in [2.75, 3.05) is 6.61 Å². The van der Waals surface area contributed by atoms with Crippen LogP contribution in [0.1, 0.15) is 37.8 Å². The molecular weight excluding hydrogens is 338 g/mol. The van der Waals surface area contributed by atoms with E-state index in [1.807, 2.05) is 6.92 Å². The second-order valence-corrected chi connectivity index (χ2v) is 6.41. The van der Waals surface area contributed by atoms with Crippen LogP contribution in [0.4, 0.5) is 0 Å². The Morgan fingerprint density at radius 3 is 2.52 bits per heavy atom. The maximum atomic E-state index is 12.4. The maximum Gasteiger partial charge on any atom is 0.258 e. The number of aryl methyl sites for hydroxylation is 1. The standard InChI is InChI=1S/C19H24ClN3O2/c1-5-19(6-2,15-9-7-13(3)8-10-15)23-17(24)12-25-18-11-16(20)21-14(4)22-18/h7-11,21H,4-6,12H2,1-3H3,(H,23,24). The minimum absolute atomic E-state index is 0.138. The fraction of sp³-hybridized carbons (Fsp3) is 0.368. The van der Waals surface area contributed by atoms with Crippen molar-refractivity contribution < 1.29 is 9.53 Å². The second-order valence-electron chi connectivity index (χ2n) is 6.01. The molecule has 2 rings (SSSR count). The van der Waals surface area contributed by atoms with Crippen LogP contribution in [-0.2, 0) is 15.1 Å². The van der Waals surface area contributed by atoms with Crippen LogP contribution in [0.5, 0.6) is 0 Å². The molecule has 1 aromatic carbocycles. The summed E-state index contributed by atoms with van der Waals surface area (Å²) in [5.74, 6) is 0.428. The highest BCUT2D eigenvalue weighted by atomic mass is 35.5. The summed E-state index contributed by atoms with van der Waals surface area (Å²) in [4.78, 5) is 16.5. The van der Waals surface area contributed by atoms with E-state index in [4.69, 9.17) is 16.3 Å². The normalized spacial score (nSPS) is 14.3. The van der Waals surface area contributed by atoms with Crippen molar-refractivity contribution in [1.82, 2.24) is 10.6 Å². The maximum absolute atomic E-state index is 12.4. The van der Waals surface area contributed by atoms with Gasteiger partial charge in [0.15, 0.2) is 6.61 Å². The molecule has 0 saturated carbocycles. The topological polar surface area (TPSA) is 62.7 Å². The van der Waals surface area contributed by atoms with E-state index >= 15 is 0 Å². The monoisotopic (exact) mass is 361 g/mol. The molecule has 1 aromatic rings. The highest BCUT2D eigenvalue weighted by Gasteiger charge is 2.30. The zero-order valence-corrected chi connectivity index (χ0v) is 15.6. The Hall–Kier alpha value is -2.27. The van der Waals surface area contributed by atoms with Gasteiger partial charge in [-0.25, -0.2) is 0 Å². The molecule has 0 unspecified atom stereocenters. The van der Waals surface area contributed by atoms with Crippen molar-refractivity contribution in [3.63, 3.8) is 0 Å². The van der Waals surface area contributed by atoms with Gasteiger partial charge in [-0.3, -0.25) is 4.79 Å². The third kappa shape index (κ3) is 4.86. The summed E-state index contributed by atoms with van der Waals surface area (Å²) >= 11 is 5.89. The van der Waals surface area contributed by atoms with Gasteiger partial charge >= 0.3 is 0 Å². The number of benzene rings is 1. The van der Waals surface area contributed by atoms with E-state index in [1.165, 1.54) is 11.6 Å². The van der Waals surface area contributed by atoms with Crippen LogP contribution in [0.15, 0.2) is 52.9 Å². The van der Waals surface area contributed by atoms with Gasteiger partial charge in [-0.05, 0) is 25.3 Å². The van der Waals surface area contributed by atoms with E-state index in [2.05, 4.69) is 60.3 Å². The first kappa shape index (κ1) is 19.1. The Morgan fingerprint density at radius 2 is 1.96 bits per heavy atom. The smallest absolute Gasteiger partial charge is 0.258 e. The Bertz CT molecular complexity index is 704. The zero-order valence-electron chi connectivity index (χ0n) is 14.9. The summed E-state index contributed by atoms with van der Waals surface area (Å²) < 4.78 is 5.45. The van der Waals surface area contributed by atoms with Crippen molar-refractivity contribution in [3.8, 4) is 0 Å². The predicted octanol–water partition coefficient (Wildman–Crippen LogP) is 3.70. The summed E-state index contributed by atoms with van der Waals surface area (Å²) in [6, 6.07) is 8.24. The molecule has 0 radical (unpaired) electrons. The fourth-order valence-corrected chi connectivity index (χ4v) is 2.97. The lowest BCUT2D eigenvalue weighted by Gasteiger charge is -2.33. The van der Waals surface area contributed by atoms with Crippen molar-refractivity contribution in [1.29, 1.82) is 0 Å². The summed E-state index contributed by atoms with van der Waals surface area (Å²) in [7, 11) is 0. The Balaban J connectivity index is 2.05. The SMILES string of the molecule is C=C1N=C(OCC(=O)NC(CC)(CC)c2ccc(C)cc2)C=C(Cl)N1. The largest absolute Gasteiger partial charge is 0.467 e. The Labute approximate surface area is 153 Å². The van der Waals surface area contributed by atoms with E-state index in [1.54, 1.807) is 0 Å². The molecule has 6 heteroatoms. The first-order valence-electron chi connectivity index (χ1n) is 8.31. The van der Waals surface area contributed by atoms with Crippen LogP contribution in [0.2, 0.25) is 0 Å². The number of rotatable bonds is 6. The number of hydrogen-bond acceptors (Lipinski definition) is 4. The van der Waals surface area contributed by atoms with E-state index < -0.39 is 5.54 Å². The minimum atomic E-state index is -0.416. The number of hydrogen-bond donors (Lipinski definition) is 2. The van der Waals surface area contributed by atoms with Crippen molar-refractivity contribution in [2.45, 2.75) is 39.2 Å². The number of carbonyl (C=O) groups excluding carboxylic acids is 1. The number of nitrogens with one attached hydrogen (secondary N) is 2. The molecule has 0 spiro atoms. The molecule has 134 valence electrons. The molecule has 25 heavy (non-hydrogen) atoms. The molecule has 2 N–H and O–H groups in total. The van der Waals surface area contributed by atoms with Gasteiger partial charge in [0.1, 0.15) is 11.0 Å². The minimum Gasteiger partial charge on any atom is -0.467 e. The predicted molar refractivity (Wildman–Crippen MR) is 101 cm³/mol. The lowest BCUT2D eigenvalue weighted by Crippen LogP contribution is -2.46. The zero-order chi connectivity index (χ0) is 18.4. The summed E-state index contributed by atoms with van der Waals surface area (Å²) in [6.45, 7) is 9.70. The average molecular weight is 362 g/mol. The van der Waals surface area contributed by atoms with Gasteiger partial charge in [0.25, 0.3) is 5.91 Å². The summed E-state index contributed by atoms with van der Waals surface area (Å²) in [5, 5.41) is 6.21. The number of aliphatic imine (C=N–C) groups is 1. The molecule has 0 saturated heterocycles.